The molecule has 0 heterocycles. The Balaban J connectivity index is 0. The number of unbranched alkanes of at least 4 members (excludes halogenated alkanes) is 10. The van der Waals surface area contributed by atoms with E-state index in [0.29, 0.717) is 37.6 Å². The minimum absolute atomic E-state index is 0.133. The van der Waals surface area contributed by atoms with E-state index < -0.39 is 11.9 Å². The first-order valence-corrected chi connectivity index (χ1v) is 13.6. The molecule has 0 amide bonds. The number of hydrogen-bond acceptors (Lipinski definition) is 8. The summed E-state index contributed by atoms with van der Waals surface area (Å²) in [4.78, 5) is 24.7. The van der Waals surface area contributed by atoms with Crippen molar-refractivity contribution in [2.75, 3.05) is 33.0 Å². The van der Waals surface area contributed by atoms with E-state index in [2.05, 4.69) is 25.5 Å². The van der Waals surface area contributed by atoms with Crippen LogP contribution < -0.4 is 11.7 Å². The quantitative estimate of drug-likeness (QED) is 0.0950. The van der Waals surface area contributed by atoms with Gasteiger partial charge in [0.1, 0.15) is 0 Å². The van der Waals surface area contributed by atoms with Crippen molar-refractivity contribution in [1.82, 2.24) is 0 Å². The number of rotatable bonds is 19. The van der Waals surface area contributed by atoms with E-state index in [-0.39, 0.29) is 6.61 Å². The Bertz CT molecular complexity index is 575. The van der Waals surface area contributed by atoms with Gasteiger partial charge in [0.15, 0.2) is 0 Å². The molecule has 0 aromatic heterocycles. The summed E-state index contributed by atoms with van der Waals surface area (Å²) >= 11 is 0. The average Bonchev–Trinajstić information content (AvgIpc) is 2.92. The molecule has 1 rings (SSSR count). The summed E-state index contributed by atoms with van der Waals surface area (Å²) in [5.74, 6) is 7.11. The summed E-state index contributed by atoms with van der Waals surface area (Å²) in [6.07, 6.45) is 13.6. The molecule has 0 unspecified atom stereocenters. The Kier molecular flexibility index (Phi) is 29.4. The van der Waals surface area contributed by atoms with E-state index in [1.165, 1.54) is 51.4 Å². The lowest BCUT2D eigenvalue weighted by atomic mass is 10.1. The van der Waals surface area contributed by atoms with Crippen LogP contribution in [0.15, 0.2) is 24.3 Å². The van der Waals surface area contributed by atoms with Gasteiger partial charge in [0.05, 0.1) is 37.6 Å². The van der Waals surface area contributed by atoms with Crippen molar-refractivity contribution < 1.29 is 28.9 Å². The van der Waals surface area contributed by atoms with Gasteiger partial charge in [0.2, 0.25) is 0 Å². The Morgan fingerprint density at radius 3 is 1.39 bits per heavy atom. The third kappa shape index (κ3) is 21.3. The van der Waals surface area contributed by atoms with Gasteiger partial charge in [-0.3, -0.25) is 11.7 Å². The molecule has 8 nitrogen and oxygen atoms in total. The number of nitrogens with two attached hydrogens (primary N) is 2. The van der Waals surface area contributed by atoms with Gasteiger partial charge in [-0.25, -0.2) is 9.59 Å². The molecule has 0 saturated heterocycles. The number of hydrazine groups is 1. The normalized spacial score (nSPS) is 9.94. The molecule has 0 bridgehead atoms. The van der Waals surface area contributed by atoms with Crippen LogP contribution in [0.25, 0.3) is 0 Å². The number of carbonyl (C=O) groups is 2. The number of aliphatic hydroxyl groups is 1. The van der Waals surface area contributed by atoms with Crippen LogP contribution in [-0.2, 0) is 14.2 Å². The molecule has 0 aliphatic carbocycles. The van der Waals surface area contributed by atoms with Gasteiger partial charge >= 0.3 is 11.9 Å². The van der Waals surface area contributed by atoms with E-state index >= 15 is 0 Å². The average molecular weight is 513 g/mol. The molecule has 5 N–H and O–H groups in total. The Morgan fingerprint density at radius 2 is 1.06 bits per heavy atom. The van der Waals surface area contributed by atoms with E-state index in [4.69, 9.17) is 19.3 Å². The van der Waals surface area contributed by atoms with Crippen molar-refractivity contribution in [1.29, 1.82) is 0 Å². The predicted octanol–water partition coefficient (Wildman–Crippen LogP) is 5.56. The lowest BCUT2D eigenvalue weighted by molar-refractivity contribution is 0.0450. The monoisotopic (exact) mass is 512 g/mol. The van der Waals surface area contributed by atoms with Gasteiger partial charge in [-0.05, 0) is 31.9 Å². The maximum Gasteiger partial charge on any atom is 0.339 e. The molecule has 36 heavy (non-hydrogen) atoms. The first-order chi connectivity index (χ1) is 17.6. The molecule has 0 saturated carbocycles. The molecule has 1 aromatic rings. The summed E-state index contributed by atoms with van der Waals surface area (Å²) in [5, 5.41) is 8.07. The molecule has 0 radical (unpaired) electrons. The highest BCUT2D eigenvalue weighted by molar-refractivity contribution is 6.03. The van der Waals surface area contributed by atoms with Gasteiger partial charge in [-0.15, -0.1) is 0 Å². The van der Waals surface area contributed by atoms with Crippen LogP contribution in [0.1, 0.15) is 119 Å². The van der Waals surface area contributed by atoms with Crippen molar-refractivity contribution in [3.05, 3.63) is 35.4 Å². The lowest BCUT2D eigenvalue weighted by Crippen LogP contribution is -2.15. The van der Waals surface area contributed by atoms with Gasteiger partial charge in [-0.2, -0.15) is 0 Å². The third-order valence-electron chi connectivity index (χ3n) is 5.27. The van der Waals surface area contributed by atoms with Crippen molar-refractivity contribution in [3.8, 4) is 0 Å². The predicted molar refractivity (Wildman–Crippen MR) is 146 cm³/mol. The summed E-state index contributed by atoms with van der Waals surface area (Å²) in [6.45, 7) is 8.37. The summed E-state index contributed by atoms with van der Waals surface area (Å²) < 4.78 is 15.5. The molecule has 0 aliphatic rings. The second-order valence-electron chi connectivity index (χ2n) is 8.27. The van der Waals surface area contributed by atoms with Crippen LogP contribution >= 0.6 is 0 Å². The van der Waals surface area contributed by atoms with Gasteiger partial charge in [-0.1, -0.05) is 90.2 Å². The summed E-state index contributed by atoms with van der Waals surface area (Å²) in [6, 6.07) is 6.74. The minimum Gasteiger partial charge on any atom is -0.462 e. The summed E-state index contributed by atoms with van der Waals surface area (Å²) in [5.41, 5.74) is 0.586. The molecule has 210 valence electrons. The largest absolute Gasteiger partial charge is 0.462 e. The van der Waals surface area contributed by atoms with Crippen molar-refractivity contribution in [2.45, 2.75) is 97.8 Å². The first kappa shape index (κ1) is 36.2. The summed E-state index contributed by atoms with van der Waals surface area (Å²) in [7, 11) is 0. The smallest absolute Gasteiger partial charge is 0.339 e. The topological polar surface area (TPSA) is 134 Å². The molecular weight excluding hydrogens is 460 g/mol. The Morgan fingerprint density at radius 1 is 0.667 bits per heavy atom. The first-order valence-electron chi connectivity index (χ1n) is 13.6. The molecular formula is C28H52N2O6. The fourth-order valence-corrected chi connectivity index (χ4v) is 3.30. The van der Waals surface area contributed by atoms with Crippen molar-refractivity contribution >= 4 is 11.9 Å². The number of hydrogen-bond donors (Lipinski definition) is 3. The molecule has 0 spiro atoms. The zero-order valence-electron chi connectivity index (χ0n) is 23.0. The van der Waals surface area contributed by atoms with E-state index in [0.717, 1.165) is 25.7 Å². The molecule has 8 heteroatoms. The van der Waals surface area contributed by atoms with Gasteiger partial charge in [0.25, 0.3) is 0 Å². The second-order valence-corrected chi connectivity index (χ2v) is 8.27. The minimum atomic E-state index is -0.444. The highest BCUT2D eigenvalue weighted by Crippen LogP contribution is 2.14. The maximum atomic E-state index is 12.4. The molecule has 0 fully saturated rings. The van der Waals surface area contributed by atoms with Gasteiger partial charge < -0.3 is 19.3 Å². The molecule has 0 atom stereocenters. The zero-order valence-corrected chi connectivity index (χ0v) is 23.0. The highest BCUT2D eigenvalue weighted by atomic mass is 16.5. The Labute approximate surface area is 219 Å². The van der Waals surface area contributed by atoms with Gasteiger partial charge in [0, 0.05) is 6.61 Å². The number of ether oxygens (including phenoxy) is 3. The van der Waals surface area contributed by atoms with Crippen LogP contribution in [0.4, 0.5) is 0 Å². The van der Waals surface area contributed by atoms with Crippen molar-refractivity contribution in [2.24, 2.45) is 11.7 Å². The van der Waals surface area contributed by atoms with E-state index in [9.17, 15) is 9.59 Å². The molecule has 1 aromatic carbocycles. The third-order valence-corrected chi connectivity index (χ3v) is 5.27. The number of benzene rings is 1. The zero-order chi connectivity index (χ0) is 27.3. The number of esters is 2. The van der Waals surface area contributed by atoms with Crippen LogP contribution in [-0.4, -0.2) is 50.1 Å². The van der Waals surface area contributed by atoms with Crippen molar-refractivity contribution in [3.63, 3.8) is 0 Å². The fourth-order valence-electron chi connectivity index (χ4n) is 3.30. The van der Waals surface area contributed by atoms with Crippen LogP contribution in [0.3, 0.4) is 0 Å². The number of carbonyl (C=O) groups excluding carboxylic acids is 2. The SMILES string of the molecule is CCCCCCCCOC(=O)c1ccccc1C(=O)OCCCCCCCC.CCOCCO.NN. The van der Waals surface area contributed by atoms with Crippen LogP contribution in [0.5, 0.6) is 0 Å². The second kappa shape index (κ2) is 29.2. The Hall–Kier alpha value is -2.00. The maximum absolute atomic E-state index is 12.4. The van der Waals surface area contributed by atoms with Crippen LogP contribution in [0.2, 0.25) is 0 Å². The van der Waals surface area contributed by atoms with Crippen LogP contribution in [0, 0.1) is 0 Å². The lowest BCUT2D eigenvalue weighted by Gasteiger charge is -2.10. The standard InChI is InChI=1S/C24H38O4.C4H10O2.H4N2/c1-3-5-7-9-11-15-19-27-23(25)21-17-13-14-18-22(21)24(26)28-20-16-12-10-8-6-4-2;1-2-6-4-3-5;1-2/h13-14,17-18H,3-12,15-16,19-20H2,1-2H3;5H,2-4H2,1H3;1-2H2. The number of aliphatic hydroxyl groups excluding tert-OH is 1. The highest BCUT2D eigenvalue weighted by Gasteiger charge is 2.18. The fraction of sp³-hybridized carbons (Fsp3) is 0.714. The van der Waals surface area contributed by atoms with E-state index in [1.54, 1.807) is 24.3 Å². The molecule has 0 aliphatic heterocycles. The van der Waals surface area contributed by atoms with E-state index in [1.807, 2.05) is 6.92 Å².